The van der Waals surface area contributed by atoms with Crippen LogP contribution in [-0.2, 0) is 24.8 Å². The zero-order valence-electron chi connectivity index (χ0n) is 14.3. The molecular formula is C16H20N2O6S2. The van der Waals surface area contributed by atoms with Crippen molar-refractivity contribution < 1.29 is 26.3 Å². The number of ether oxygens (including phenoxy) is 2. The van der Waals surface area contributed by atoms with Gasteiger partial charge >= 0.3 is 0 Å². The highest BCUT2D eigenvalue weighted by atomic mass is 32.2. The van der Waals surface area contributed by atoms with E-state index in [2.05, 4.69) is 9.44 Å². The van der Waals surface area contributed by atoms with E-state index < -0.39 is 20.0 Å². The van der Waals surface area contributed by atoms with Gasteiger partial charge in [-0.05, 0) is 30.3 Å². The molecule has 2 rings (SSSR count). The fourth-order valence-electron chi connectivity index (χ4n) is 2.10. The highest BCUT2D eigenvalue weighted by molar-refractivity contribution is 7.92. The van der Waals surface area contributed by atoms with Crippen LogP contribution in [0.5, 0.6) is 5.75 Å². The van der Waals surface area contributed by atoms with Crippen molar-refractivity contribution in [3.05, 3.63) is 48.5 Å². The second-order valence-electron chi connectivity index (χ2n) is 5.17. The zero-order valence-corrected chi connectivity index (χ0v) is 15.9. The minimum atomic E-state index is -3.89. The molecule has 0 atom stereocenters. The molecule has 8 nitrogen and oxygen atoms in total. The van der Waals surface area contributed by atoms with Crippen molar-refractivity contribution in [1.29, 1.82) is 0 Å². The molecule has 0 aliphatic heterocycles. The van der Waals surface area contributed by atoms with Crippen LogP contribution in [0.4, 0.5) is 5.69 Å². The van der Waals surface area contributed by atoms with Crippen molar-refractivity contribution in [3.63, 3.8) is 0 Å². The number of anilines is 1. The van der Waals surface area contributed by atoms with Crippen LogP contribution in [0.1, 0.15) is 0 Å². The maximum atomic E-state index is 12.5. The van der Waals surface area contributed by atoms with E-state index in [9.17, 15) is 16.8 Å². The van der Waals surface area contributed by atoms with E-state index in [4.69, 9.17) is 9.47 Å². The van der Waals surface area contributed by atoms with Gasteiger partial charge in [0.1, 0.15) is 5.75 Å². The van der Waals surface area contributed by atoms with Gasteiger partial charge in [-0.2, -0.15) is 0 Å². The molecule has 0 aliphatic rings. The molecular weight excluding hydrogens is 380 g/mol. The number of hydrogen-bond acceptors (Lipinski definition) is 6. The Morgan fingerprint density at radius 1 is 0.885 bits per heavy atom. The third kappa shape index (κ3) is 4.94. The fraction of sp³-hybridized carbons (Fsp3) is 0.250. The molecule has 0 bridgehead atoms. The van der Waals surface area contributed by atoms with Gasteiger partial charge in [-0.3, -0.25) is 4.72 Å². The van der Waals surface area contributed by atoms with E-state index in [0.717, 1.165) is 0 Å². The van der Waals surface area contributed by atoms with Crippen LogP contribution >= 0.6 is 0 Å². The quantitative estimate of drug-likeness (QED) is 0.616. The fourth-order valence-corrected chi connectivity index (χ4v) is 4.22. The molecule has 142 valence electrons. The lowest BCUT2D eigenvalue weighted by Gasteiger charge is -2.14. The van der Waals surface area contributed by atoms with E-state index in [-0.39, 0.29) is 34.4 Å². The number of benzene rings is 2. The molecule has 26 heavy (non-hydrogen) atoms. The molecule has 2 aromatic carbocycles. The molecule has 0 aromatic heterocycles. The second kappa shape index (κ2) is 8.49. The Hall–Kier alpha value is -2.14. The van der Waals surface area contributed by atoms with E-state index in [1.54, 1.807) is 18.2 Å². The zero-order chi connectivity index (χ0) is 19.2. The molecule has 0 saturated heterocycles. The predicted octanol–water partition coefficient (Wildman–Crippen LogP) is 1.42. The van der Waals surface area contributed by atoms with Gasteiger partial charge in [0.05, 0.1) is 29.2 Å². The van der Waals surface area contributed by atoms with Gasteiger partial charge in [0.15, 0.2) is 0 Å². The van der Waals surface area contributed by atoms with Crippen LogP contribution < -0.4 is 14.2 Å². The molecule has 0 unspecified atom stereocenters. The molecule has 0 spiro atoms. The Morgan fingerprint density at radius 3 is 2.19 bits per heavy atom. The van der Waals surface area contributed by atoms with Crippen molar-refractivity contribution in [2.24, 2.45) is 0 Å². The van der Waals surface area contributed by atoms with Crippen LogP contribution in [0.2, 0.25) is 0 Å². The average Bonchev–Trinajstić information content (AvgIpc) is 2.62. The largest absolute Gasteiger partial charge is 0.495 e. The third-order valence-electron chi connectivity index (χ3n) is 3.38. The molecule has 0 aliphatic carbocycles. The number of nitrogens with one attached hydrogen (secondary N) is 2. The molecule has 0 amide bonds. The summed E-state index contributed by atoms with van der Waals surface area (Å²) in [6, 6.07) is 11.6. The standard InChI is InChI=1S/C16H20N2O6S2/c1-23-11-10-17-25(19,20)14-8-9-16(24-2)15(12-14)18-26(21,22)13-6-4-3-5-7-13/h3-9,12,17-18H,10-11H2,1-2H3. The first-order chi connectivity index (χ1) is 12.3. The summed E-state index contributed by atoms with van der Waals surface area (Å²) in [5.41, 5.74) is 0.0194. The van der Waals surface area contributed by atoms with Crippen LogP contribution in [0.15, 0.2) is 58.3 Å². The lowest BCUT2D eigenvalue weighted by molar-refractivity contribution is 0.204. The van der Waals surface area contributed by atoms with Gasteiger partial charge in [-0.15, -0.1) is 0 Å². The van der Waals surface area contributed by atoms with Crippen LogP contribution in [0.3, 0.4) is 0 Å². The number of sulfonamides is 2. The lowest BCUT2D eigenvalue weighted by Crippen LogP contribution is -2.27. The van der Waals surface area contributed by atoms with Crippen LogP contribution in [0.25, 0.3) is 0 Å². The van der Waals surface area contributed by atoms with Crippen LogP contribution in [0, 0.1) is 0 Å². The summed E-state index contributed by atoms with van der Waals surface area (Å²) < 4.78 is 64.3. The third-order valence-corrected chi connectivity index (χ3v) is 6.22. The summed E-state index contributed by atoms with van der Waals surface area (Å²) >= 11 is 0. The van der Waals surface area contributed by atoms with Gasteiger partial charge < -0.3 is 9.47 Å². The molecule has 2 N–H and O–H groups in total. The van der Waals surface area contributed by atoms with E-state index >= 15 is 0 Å². The number of rotatable bonds is 9. The highest BCUT2D eigenvalue weighted by Crippen LogP contribution is 2.29. The Morgan fingerprint density at radius 2 is 1.58 bits per heavy atom. The summed E-state index contributed by atoms with van der Waals surface area (Å²) in [5, 5.41) is 0. The molecule has 2 aromatic rings. The topological polar surface area (TPSA) is 111 Å². The van der Waals surface area contributed by atoms with Gasteiger partial charge in [-0.1, -0.05) is 18.2 Å². The minimum Gasteiger partial charge on any atom is -0.495 e. The van der Waals surface area contributed by atoms with E-state index in [1.807, 2.05) is 0 Å². The summed E-state index contributed by atoms with van der Waals surface area (Å²) in [5.74, 6) is 0.195. The molecule has 0 radical (unpaired) electrons. The Labute approximate surface area is 153 Å². The van der Waals surface area contributed by atoms with Gasteiger partial charge in [-0.25, -0.2) is 21.6 Å². The van der Waals surface area contributed by atoms with Crippen molar-refractivity contribution in [2.45, 2.75) is 9.79 Å². The number of methoxy groups -OCH3 is 2. The van der Waals surface area contributed by atoms with Gasteiger partial charge in [0.25, 0.3) is 10.0 Å². The Balaban J connectivity index is 2.36. The van der Waals surface area contributed by atoms with Crippen molar-refractivity contribution in [2.75, 3.05) is 32.1 Å². The maximum absolute atomic E-state index is 12.5. The Bertz CT molecular complexity index is 944. The van der Waals surface area contributed by atoms with Crippen molar-refractivity contribution in [3.8, 4) is 5.75 Å². The van der Waals surface area contributed by atoms with Gasteiger partial charge in [0, 0.05) is 13.7 Å². The average molecular weight is 400 g/mol. The first-order valence-corrected chi connectivity index (χ1v) is 10.5. The SMILES string of the molecule is COCCNS(=O)(=O)c1ccc(OC)c(NS(=O)(=O)c2ccccc2)c1. The smallest absolute Gasteiger partial charge is 0.262 e. The van der Waals surface area contributed by atoms with Gasteiger partial charge in [0.2, 0.25) is 10.0 Å². The second-order valence-corrected chi connectivity index (χ2v) is 8.62. The van der Waals surface area contributed by atoms with Crippen molar-refractivity contribution >= 4 is 25.7 Å². The molecule has 10 heteroatoms. The normalized spacial score (nSPS) is 11.9. The van der Waals surface area contributed by atoms with E-state index in [1.165, 1.54) is 44.6 Å². The summed E-state index contributed by atoms with van der Waals surface area (Å²) in [6.45, 7) is 0.304. The predicted molar refractivity (Wildman–Crippen MR) is 97.3 cm³/mol. The maximum Gasteiger partial charge on any atom is 0.262 e. The minimum absolute atomic E-state index is 0.0194. The lowest BCUT2D eigenvalue weighted by atomic mass is 10.3. The summed E-state index contributed by atoms with van der Waals surface area (Å²) in [4.78, 5) is -0.0475. The summed E-state index contributed by atoms with van der Waals surface area (Å²) in [6.07, 6.45) is 0. The van der Waals surface area contributed by atoms with Crippen molar-refractivity contribution in [1.82, 2.24) is 4.72 Å². The first-order valence-electron chi connectivity index (χ1n) is 7.54. The Kier molecular flexibility index (Phi) is 6.59. The summed E-state index contributed by atoms with van der Waals surface area (Å²) in [7, 11) is -4.90. The first kappa shape index (κ1) is 20.2. The molecule has 0 heterocycles. The van der Waals surface area contributed by atoms with E-state index in [0.29, 0.717) is 0 Å². The number of hydrogen-bond donors (Lipinski definition) is 2. The monoisotopic (exact) mass is 400 g/mol. The highest BCUT2D eigenvalue weighted by Gasteiger charge is 2.20. The van der Waals surface area contributed by atoms with Crippen LogP contribution in [-0.4, -0.2) is 44.2 Å². The molecule has 0 saturated carbocycles. The molecule has 0 fully saturated rings.